The summed E-state index contributed by atoms with van der Waals surface area (Å²) in [6.07, 6.45) is 3.46. The molecule has 3 heteroatoms. The first-order valence-corrected chi connectivity index (χ1v) is 8.24. The van der Waals surface area contributed by atoms with Crippen LogP contribution in [-0.2, 0) is 6.42 Å². The van der Waals surface area contributed by atoms with E-state index in [1.807, 2.05) is 12.1 Å². The van der Waals surface area contributed by atoms with Crippen molar-refractivity contribution in [2.75, 3.05) is 10.6 Å². The molecule has 0 spiro atoms. The molecule has 0 radical (unpaired) electrons. The Labute approximate surface area is 139 Å². The summed E-state index contributed by atoms with van der Waals surface area (Å²) in [5, 5.41) is 7.27. The van der Waals surface area contributed by atoms with Gasteiger partial charge in [0.2, 0.25) is 0 Å². The molecule has 0 saturated carbocycles. The minimum absolute atomic E-state index is 0.637. The van der Waals surface area contributed by atoms with Gasteiger partial charge in [0, 0.05) is 11.4 Å². The third-order valence-electron chi connectivity index (χ3n) is 3.92. The molecule has 116 valence electrons. The highest BCUT2D eigenvalue weighted by Gasteiger charge is 2.06. The van der Waals surface area contributed by atoms with Crippen LogP contribution in [0, 0.1) is 13.8 Å². The lowest BCUT2D eigenvalue weighted by molar-refractivity contribution is 0.796. The van der Waals surface area contributed by atoms with Crippen molar-refractivity contribution in [1.29, 1.82) is 0 Å². The first kappa shape index (κ1) is 16.5. The molecule has 0 fully saturated rings. The fraction of sp³-hybridized carbons (Fsp3) is 0.316. The first-order valence-electron chi connectivity index (χ1n) is 7.84. The Balaban J connectivity index is 2.07. The van der Waals surface area contributed by atoms with Crippen LogP contribution in [0.3, 0.4) is 0 Å². The molecule has 0 amide bonds. The van der Waals surface area contributed by atoms with Gasteiger partial charge < -0.3 is 10.6 Å². The van der Waals surface area contributed by atoms with Gasteiger partial charge in [0.1, 0.15) is 0 Å². The molecule has 0 bridgehead atoms. The van der Waals surface area contributed by atoms with E-state index in [1.165, 1.54) is 29.5 Å². The number of hydrogen-bond acceptors (Lipinski definition) is 1. The van der Waals surface area contributed by atoms with Crippen molar-refractivity contribution in [1.82, 2.24) is 0 Å². The molecule has 2 aromatic rings. The van der Waals surface area contributed by atoms with Gasteiger partial charge >= 0.3 is 0 Å². The molecule has 0 aliphatic heterocycles. The maximum absolute atomic E-state index is 5.47. The van der Waals surface area contributed by atoms with Crippen LogP contribution in [0.4, 0.5) is 11.4 Å². The third-order valence-corrected chi connectivity index (χ3v) is 4.12. The van der Waals surface area contributed by atoms with Crippen LogP contribution >= 0.6 is 12.2 Å². The van der Waals surface area contributed by atoms with Crippen LogP contribution in [0.15, 0.2) is 42.5 Å². The lowest BCUT2D eigenvalue weighted by Crippen LogP contribution is -2.20. The van der Waals surface area contributed by atoms with Crippen LogP contribution in [0.25, 0.3) is 0 Å². The van der Waals surface area contributed by atoms with Gasteiger partial charge in [-0.15, -0.1) is 0 Å². The topological polar surface area (TPSA) is 24.1 Å². The number of para-hydroxylation sites is 1. The van der Waals surface area contributed by atoms with E-state index in [9.17, 15) is 0 Å². The normalized spacial score (nSPS) is 10.3. The van der Waals surface area contributed by atoms with Crippen LogP contribution in [0.5, 0.6) is 0 Å². The monoisotopic (exact) mass is 312 g/mol. The van der Waals surface area contributed by atoms with Crippen molar-refractivity contribution < 1.29 is 0 Å². The molecule has 0 aliphatic rings. The fourth-order valence-corrected chi connectivity index (χ4v) is 2.61. The molecule has 0 heterocycles. The summed E-state index contributed by atoms with van der Waals surface area (Å²) in [6, 6.07) is 14.6. The predicted molar refractivity (Wildman–Crippen MR) is 101 cm³/mol. The van der Waals surface area contributed by atoms with Gasteiger partial charge in [-0.3, -0.25) is 0 Å². The molecular formula is C19H24N2S. The summed E-state index contributed by atoms with van der Waals surface area (Å²) in [6.45, 7) is 6.43. The quantitative estimate of drug-likeness (QED) is 0.717. The van der Waals surface area contributed by atoms with Crippen LogP contribution in [0.2, 0.25) is 0 Å². The van der Waals surface area contributed by atoms with E-state index in [-0.39, 0.29) is 0 Å². The fourth-order valence-electron chi connectivity index (χ4n) is 2.39. The highest BCUT2D eigenvalue weighted by Crippen LogP contribution is 2.20. The predicted octanol–water partition coefficient (Wildman–Crippen LogP) is 5.45. The van der Waals surface area contributed by atoms with Gasteiger partial charge in [0.25, 0.3) is 0 Å². The Morgan fingerprint density at radius 1 is 0.955 bits per heavy atom. The Kier molecular flexibility index (Phi) is 5.96. The standard InChI is InChI=1S/C19H24N2S/c1-4-5-10-16-11-6-7-12-18(16)21-19(22)20-17-13-8-9-14(2)15(17)3/h6-9,11-13H,4-5,10H2,1-3H3,(H2,20,21,22). The number of nitrogens with one attached hydrogen (secondary N) is 2. The third kappa shape index (κ3) is 4.31. The lowest BCUT2D eigenvalue weighted by atomic mass is 10.1. The minimum Gasteiger partial charge on any atom is -0.332 e. The average Bonchev–Trinajstić information content (AvgIpc) is 2.51. The van der Waals surface area contributed by atoms with Gasteiger partial charge in [0.05, 0.1) is 0 Å². The summed E-state index contributed by atoms with van der Waals surface area (Å²) in [5.74, 6) is 0. The molecule has 2 aromatic carbocycles. The molecule has 0 aliphatic carbocycles. The van der Waals surface area contributed by atoms with Gasteiger partial charge in [-0.25, -0.2) is 0 Å². The Morgan fingerprint density at radius 3 is 2.41 bits per heavy atom. The molecule has 22 heavy (non-hydrogen) atoms. The Bertz CT molecular complexity index is 650. The SMILES string of the molecule is CCCCc1ccccc1NC(=S)Nc1cccc(C)c1C. The van der Waals surface area contributed by atoms with Crippen LogP contribution < -0.4 is 10.6 Å². The van der Waals surface area contributed by atoms with E-state index in [1.54, 1.807) is 0 Å². The molecule has 0 unspecified atom stereocenters. The van der Waals surface area contributed by atoms with E-state index in [0.717, 1.165) is 17.8 Å². The van der Waals surface area contributed by atoms with Crippen molar-refractivity contribution in [3.05, 3.63) is 59.2 Å². The largest absolute Gasteiger partial charge is 0.332 e. The lowest BCUT2D eigenvalue weighted by Gasteiger charge is -2.16. The summed E-state index contributed by atoms with van der Waals surface area (Å²) >= 11 is 5.47. The summed E-state index contributed by atoms with van der Waals surface area (Å²) in [7, 11) is 0. The van der Waals surface area contributed by atoms with E-state index in [4.69, 9.17) is 12.2 Å². The van der Waals surface area contributed by atoms with Crippen molar-refractivity contribution in [2.45, 2.75) is 40.0 Å². The van der Waals surface area contributed by atoms with Crippen LogP contribution in [-0.4, -0.2) is 5.11 Å². The summed E-state index contributed by atoms with van der Waals surface area (Å²) < 4.78 is 0. The average molecular weight is 312 g/mol. The first-order chi connectivity index (χ1) is 10.6. The zero-order valence-electron chi connectivity index (χ0n) is 13.6. The molecule has 0 saturated heterocycles. The number of benzene rings is 2. The van der Waals surface area contributed by atoms with Gasteiger partial charge in [0.15, 0.2) is 5.11 Å². The van der Waals surface area contributed by atoms with E-state index < -0.39 is 0 Å². The van der Waals surface area contributed by atoms with Crippen molar-refractivity contribution >= 4 is 28.7 Å². The zero-order valence-corrected chi connectivity index (χ0v) is 14.4. The number of rotatable bonds is 5. The maximum atomic E-state index is 5.47. The smallest absolute Gasteiger partial charge is 0.175 e. The maximum Gasteiger partial charge on any atom is 0.175 e. The Hall–Kier alpha value is -1.87. The Morgan fingerprint density at radius 2 is 1.64 bits per heavy atom. The van der Waals surface area contributed by atoms with Gasteiger partial charge in [-0.1, -0.05) is 43.7 Å². The number of hydrogen-bond donors (Lipinski definition) is 2. The highest BCUT2D eigenvalue weighted by molar-refractivity contribution is 7.80. The zero-order chi connectivity index (χ0) is 15.9. The van der Waals surface area contributed by atoms with E-state index >= 15 is 0 Å². The van der Waals surface area contributed by atoms with Crippen molar-refractivity contribution in [2.24, 2.45) is 0 Å². The number of anilines is 2. The molecule has 0 atom stereocenters. The van der Waals surface area contributed by atoms with E-state index in [0.29, 0.717) is 5.11 Å². The molecular weight excluding hydrogens is 288 g/mol. The second kappa shape index (κ2) is 7.95. The molecule has 2 nitrogen and oxygen atoms in total. The molecule has 0 aromatic heterocycles. The summed E-state index contributed by atoms with van der Waals surface area (Å²) in [4.78, 5) is 0. The van der Waals surface area contributed by atoms with Crippen molar-refractivity contribution in [3.63, 3.8) is 0 Å². The molecule has 2 rings (SSSR count). The minimum atomic E-state index is 0.637. The second-order valence-electron chi connectivity index (χ2n) is 5.59. The number of aryl methyl sites for hydroxylation is 2. The molecule has 2 N–H and O–H groups in total. The number of unbranched alkanes of at least 4 members (excludes halogenated alkanes) is 1. The highest BCUT2D eigenvalue weighted by atomic mass is 32.1. The van der Waals surface area contributed by atoms with Gasteiger partial charge in [-0.2, -0.15) is 0 Å². The summed E-state index contributed by atoms with van der Waals surface area (Å²) in [5.41, 5.74) is 5.96. The number of thiocarbonyl (C=S) groups is 1. The van der Waals surface area contributed by atoms with Crippen LogP contribution in [0.1, 0.15) is 36.5 Å². The van der Waals surface area contributed by atoms with Gasteiger partial charge in [-0.05, 0) is 67.7 Å². The van der Waals surface area contributed by atoms with Crippen molar-refractivity contribution in [3.8, 4) is 0 Å². The second-order valence-corrected chi connectivity index (χ2v) is 6.00. The van der Waals surface area contributed by atoms with E-state index in [2.05, 4.69) is 61.7 Å².